The second-order valence-electron chi connectivity index (χ2n) is 4.51. The van der Waals surface area contributed by atoms with Crippen LogP contribution in [-0.4, -0.2) is 40.5 Å². The summed E-state index contributed by atoms with van der Waals surface area (Å²) in [6, 6.07) is 4.34. The van der Waals surface area contributed by atoms with E-state index in [1.807, 2.05) is 0 Å². The van der Waals surface area contributed by atoms with Crippen molar-refractivity contribution in [2.45, 2.75) is 6.42 Å². The normalized spacial score (nSPS) is 18.6. The van der Waals surface area contributed by atoms with Crippen molar-refractivity contribution in [3.8, 4) is 0 Å². The van der Waals surface area contributed by atoms with Crippen molar-refractivity contribution in [3.05, 3.63) is 38.3 Å². The number of nitro benzene ring substituents is 1. The van der Waals surface area contributed by atoms with E-state index in [9.17, 15) is 14.9 Å². The topological polar surface area (TPSA) is 83.7 Å². The summed E-state index contributed by atoms with van der Waals surface area (Å²) in [5.41, 5.74) is 0.178. The number of nitro groups is 1. The molecule has 1 aliphatic rings. The number of halogens is 1. The van der Waals surface area contributed by atoms with E-state index in [0.717, 1.165) is 6.42 Å². The molecule has 1 fully saturated rings. The molecule has 1 aromatic rings. The van der Waals surface area contributed by atoms with E-state index >= 15 is 0 Å². The van der Waals surface area contributed by atoms with Gasteiger partial charge in [-0.1, -0.05) is 0 Å². The molecule has 1 aliphatic heterocycles. The summed E-state index contributed by atoms with van der Waals surface area (Å²) in [6.45, 7) is 1.14. The van der Waals surface area contributed by atoms with Crippen LogP contribution in [0.25, 0.3) is 0 Å². The quantitative estimate of drug-likeness (QED) is 0.677. The third-order valence-electron chi connectivity index (χ3n) is 3.22. The van der Waals surface area contributed by atoms with Gasteiger partial charge < -0.3 is 10.0 Å². The van der Waals surface area contributed by atoms with Gasteiger partial charge in [0.2, 0.25) is 0 Å². The van der Waals surface area contributed by atoms with E-state index in [2.05, 4.69) is 15.9 Å². The lowest BCUT2D eigenvalue weighted by atomic mass is 10.1. The first-order valence-electron chi connectivity index (χ1n) is 5.87. The molecule has 0 radical (unpaired) electrons. The monoisotopic (exact) mass is 328 g/mol. The fourth-order valence-electron chi connectivity index (χ4n) is 2.13. The zero-order chi connectivity index (χ0) is 14.0. The molecule has 0 saturated carbocycles. The summed E-state index contributed by atoms with van der Waals surface area (Å²) in [4.78, 5) is 24.1. The highest BCUT2D eigenvalue weighted by atomic mass is 79.9. The van der Waals surface area contributed by atoms with Gasteiger partial charge in [0, 0.05) is 37.2 Å². The van der Waals surface area contributed by atoms with Gasteiger partial charge in [-0.15, -0.1) is 0 Å². The number of hydrogen-bond donors (Lipinski definition) is 1. The van der Waals surface area contributed by atoms with Gasteiger partial charge in [0.15, 0.2) is 0 Å². The van der Waals surface area contributed by atoms with Gasteiger partial charge in [-0.05, 0) is 34.5 Å². The van der Waals surface area contributed by atoms with Crippen molar-refractivity contribution in [2.24, 2.45) is 5.92 Å². The van der Waals surface area contributed by atoms with Crippen LogP contribution in [0.1, 0.15) is 16.8 Å². The lowest BCUT2D eigenvalue weighted by Gasteiger charge is -2.16. The van der Waals surface area contributed by atoms with Gasteiger partial charge in [0.05, 0.1) is 9.40 Å². The van der Waals surface area contributed by atoms with Crippen LogP contribution >= 0.6 is 15.9 Å². The minimum Gasteiger partial charge on any atom is -0.396 e. The molecular formula is C12H13BrN2O4. The van der Waals surface area contributed by atoms with Gasteiger partial charge in [0.1, 0.15) is 0 Å². The lowest BCUT2D eigenvalue weighted by Crippen LogP contribution is -2.29. The zero-order valence-electron chi connectivity index (χ0n) is 10.1. The number of amides is 1. The first-order valence-corrected chi connectivity index (χ1v) is 6.66. The number of rotatable bonds is 3. The van der Waals surface area contributed by atoms with Crippen molar-refractivity contribution >= 4 is 27.5 Å². The average molecular weight is 329 g/mol. The molecule has 7 heteroatoms. The fourth-order valence-corrected chi connectivity index (χ4v) is 2.53. The molecule has 1 aromatic carbocycles. The molecule has 6 nitrogen and oxygen atoms in total. The highest BCUT2D eigenvalue weighted by Crippen LogP contribution is 2.27. The molecule has 1 heterocycles. The summed E-state index contributed by atoms with van der Waals surface area (Å²) in [6.07, 6.45) is 0.765. The van der Waals surface area contributed by atoms with Gasteiger partial charge >= 0.3 is 0 Å². The largest absolute Gasteiger partial charge is 0.396 e. The maximum Gasteiger partial charge on any atom is 0.284 e. The van der Waals surface area contributed by atoms with Crippen LogP contribution in [0.2, 0.25) is 0 Å². The Morgan fingerprint density at radius 1 is 1.58 bits per heavy atom. The highest BCUT2D eigenvalue weighted by molar-refractivity contribution is 9.10. The third kappa shape index (κ3) is 2.93. The summed E-state index contributed by atoms with van der Waals surface area (Å²) in [5, 5.41) is 19.9. The van der Waals surface area contributed by atoms with Gasteiger partial charge in [-0.25, -0.2) is 0 Å². The number of hydrogen-bond acceptors (Lipinski definition) is 4. The molecule has 2 rings (SSSR count). The van der Waals surface area contributed by atoms with Crippen molar-refractivity contribution < 1.29 is 14.8 Å². The van der Waals surface area contributed by atoms with Crippen LogP contribution < -0.4 is 0 Å². The zero-order valence-corrected chi connectivity index (χ0v) is 11.7. The van der Waals surface area contributed by atoms with Crippen LogP contribution in [0, 0.1) is 16.0 Å². The molecule has 1 N–H and O–H groups in total. The molecule has 0 spiro atoms. The van der Waals surface area contributed by atoms with Crippen molar-refractivity contribution in [1.82, 2.24) is 4.90 Å². The second kappa shape index (κ2) is 5.66. The first kappa shape index (κ1) is 14.0. The number of likely N-dealkylation sites (tertiary alicyclic amines) is 1. The lowest BCUT2D eigenvalue weighted by molar-refractivity contribution is -0.385. The number of nitrogens with zero attached hydrogens (tertiary/aromatic N) is 2. The van der Waals surface area contributed by atoms with E-state index in [1.54, 1.807) is 11.0 Å². The standard InChI is InChI=1S/C12H13BrN2O4/c13-10-2-1-9(5-11(10)15(18)19)12(17)14-4-3-8(6-14)7-16/h1-2,5,8,16H,3-4,6-7H2. The van der Waals surface area contributed by atoms with E-state index in [0.29, 0.717) is 23.1 Å². The molecule has 0 aromatic heterocycles. The Hall–Kier alpha value is -1.47. The molecule has 0 aliphatic carbocycles. The van der Waals surface area contributed by atoms with Gasteiger partial charge in [0.25, 0.3) is 11.6 Å². The van der Waals surface area contributed by atoms with Crippen molar-refractivity contribution in [1.29, 1.82) is 0 Å². The van der Waals surface area contributed by atoms with Crippen LogP contribution in [0.5, 0.6) is 0 Å². The highest BCUT2D eigenvalue weighted by Gasteiger charge is 2.27. The molecule has 19 heavy (non-hydrogen) atoms. The van der Waals surface area contributed by atoms with E-state index in [4.69, 9.17) is 5.11 Å². The summed E-state index contributed by atoms with van der Waals surface area (Å²) >= 11 is 3.08. The third-order valence-corrected chi connectivity index (χ3v) is 3.89. The predicted molar refractivity (Wildman–Crippen MR) is 71.9 cm³/mol. The Labute approximate surface area is 118 Å². The van der Waals surface area contributed by atoms with Crippen molar-refractivity contribution in [3.63, 3.8) is 0 Å². The molecule has 1 unspecified atom stereocenters. The summed E-state index contributed by atoms with van der Waals surface area (Å²) < 4.78 is 0.351. The maximum absolute atomic E-state index is 12.2. The molecule has 102 valence electrons. The first-order chi connectivity index (χ1) is 9.02. The Bertz CT molecular complexity index is 520. The second-order valence-corrected chi connectivity index (χ2v) is 5.37. The van der Waals surface area contributed by atoms with E-state index in [1.165, 1.54) is 12.1 Å². The maximum atomic E-state index is 12.2. The average Bonchev–Trinajstić information content (AvgIpc) is 2.87. The predicted octanol–water partition coefficient (Wildman–Crippen LogP) is 1.81. The van der Waals surface area contributed by atoms with E-state index < -0.39 is 4.92 Å². The SMILES string of the molecule is O=C(c1ccc(Br)c([N+](=O)[O-])c1)N1CCC(CO)C1. The number of aliphatic hydroxyl groups excluding tert-OH is 1. The van der Waals surface area contributed by atoms with Crippen LogP contribution in [-0.2, 0) is 0 Å². The minimum absolute atomic E-state index is 0.0598. The molecule has 0 bridgehead atoms. The Morgan fingerprint density at radius 2 is 2.32 bits per heavy atom. The Balaban J connectivity index is 2.20. The molecule has 1 saturated heterocycles. The van der Waals surface area contributed by atoms with Crippen molar-refractivity contribution in [2.75, 3.05) is 19.7 Å². The molecular weight excluding hydrogens is 316 g/mol. The Kier molecular flexibility index (Phi) is 4.16. The van der Waals surface area contributed by atoms with Crippen LogP contribution in [0.15, 0.2) is 22.7 Å². The summed E-state index contributed by atoms with van der Waals surface area (Å²) in [7, 11) is 0. The number of benzene rings is 1. The number of carbonyl (C=O) groups excluding carboxylic acids is 1. The summed E-state index contributed by atoms with van der Waals surface area (Å²) in [5.74, 6) is -0.124. The molecule has 1 amide bonds. The Morgan fingerprint density at radius 3 is 2.89 bits per heavy atom. The van der Waals surface area contributed by atoms with Gasteiger partial charge in [-0.3, -0.25) is 14.9 Å². The number of aliphatic hydroxyl groups is 1. The fraction of sp³-hybridized carbons (Fsp3) is 0.417. The molecule has 1 atom stereocenters. The van der Waals surface area contributed by atoms with Crippen LogP contribution in [0.3, 0.4) is 0 Å². The smallest absolute Gasteiger partial charge is 0.284 e. The number of carbonyl (C=O) groups is 1. The minimum atomic E-state index is -0.526. The van der Waals surface area contributed by atoms with E-state index in [-0.39, 0.29) is 24.1 Å². The van der Waals surface area contributed by atoms with Crippen LogP contribution in [0.4, 0.5) is 5.69 Å². The van der Waals surface area contributed by atoms with Gasteiger partial charge in [-0.2, -0.15) is 0 Å².